The minimum Gasteiger partial charge on any atom is -0.482 e. The molecule has 0 spiro atoms. The molecule has 0 unspecified atom stereocenters. The molecule has 4 nitrogen and oxygen atoms in total. The van der Waals surface area contributed by atoms with E-state index >= 15 is 0 Å². The lowest BCUT2D eigenvalue weighted by molar-refractivity contribution is -0.118. The van der Waals surface area contributed by atoms with Gasteiger partial charge in [0.05, 0.1) is 11.3 Å². The lowest BCUT2D eigenvalue weighted by atomic mass is 10.0. The zero-order valence-electron chi connectivity index (χ0n) is 10.7. The Bertz CT molecular complexity index is 759. The number of anilines is 1. The number of rotatable bonds is 2. The molecule has 1 aliphatic rings. The van der Waals surface area contributed by atoms with Crippen molar-refractivity contribution in [3.63, 3.8) is 0 Å². The molecule has 0 saturated carbocycles. The second-order valence-corrected chi connectivity index (χ2v) is 4.48. The average Bonchev–Trinajstić information content (AvgIpc) is 2.48. The zero-order chi connectivity index (χ0) is 15.0. The predicted molar refractivity (Wildman–Crippen MR) is 70.4 cm³/mol. The van der Waals surface area contributed by atoms with Gasteiger partial charge in [0, 0.05) is 5.56 Å². The van der Waals surface area contributed by atoms with E-state index in [-0.39, 0.29) is 23.6 Å². The molecule has 1 aliphatic heterocycles. The highest BCUT2D eigenvalue weighted by atomic mass is 19.2. The molecule has 106 valence electrons. The first kappa shape index (κ1) is 13.2. The molecule has 21 heavy (non-hydrogen) atoms. The van der Waals surface area contributed by atoms with Crippen molar-refractivity contribution >= 4 is 17.4 Å². The SMILES string of the molecule is O=C1COc2ccc(C(=O)c3cccc(F)c3F)cc2N1. The van der Waals surface area contributed by atoms with Crippen LogP contribution in [0.2, 0.25) is 0 Å². The number of amides is 1. The van der Waals surface area contributed by atoms with Gasteiger partial charge < -0.3 is 10.1 Å². The lowest BCUT2D eigenvalue weighted by Gasteiger charge is -2.18. The maximum absolute atomic E-state index is 13.6. The van der Waals surface area contributed by atoms with Crippen molar-refractivity contribution in [3.8, 4) is 5.75 Å². The molecule has 0 aromatic heterocycles. The van der Waals surface area contributed by atoms with Crippen molar-refractivity contribution in [2.75, 3.05) is 11.9 Å². The smallest absolute Gasteiger partial charge is 0.262 e. The van der Waals surface area contributed by atoms with Gasteiger partial charge in [-0.25, -0.2) is 8.78 Å². The molecule has 0 saturated heterocycles. The quantitative estimate of drug-likeness (QED) is 0.864. The summed E-state index contributed by atoms with van der Waals surface area (Å²) >= 11 is 0. The maximum atomic E-state index is 13.6. The summed E-state index contributed by atoms with van der Waals surface area (Å²) in [6.07, 6.45) is 0. The van der Waals surface area contributed by atoms with E-state index in [0.717, 1.165) is 6.07 Å². The molecule has 0 atom stereocenters. The van der Waals surface area contributed by atoms with Gasteiger partial charge in [0.2, 0.25) is 0 Å². The van der Waals surface area contributed by atoms with E-state index in [1.54, 1.807) is 0 Å². The first-order valence-corrected chi connectivity index (χ1v) is 6.11. The molecular formula is C15H9F2NO3. The molecule has 3 rings (SSSR count). The minimum atomic E-state index is -1.19. The fourth-order valence-corrected chi connectivity index (χ4v) is 2.06. The second-order valence-electron chi connectivity index (χ2n) is 4.48. The number of hydrogen-bond donors (Lipinski definition) is 1. The molecule has 6 heteroatoms. The van der Waals surface area contributed by atoms with Crippen LogP contribution in [0.15, 0.2) is 36.4 Å². The van der Waals surface area contributed by atoms with Gasteiger partial charge in [-0.1, -0.05) is 6.07 Å². The molecule has 0 bridgehead atoms. The van der Waals surface area contributed by atoms with Crippen LogP contribution in [0.1, 0.15) is 15.9 Å². The Balaban J connectivity index is 2.01. The molecular weight excluding hydrogens is 280 g/mol. The van der Waals surface area contributed by atoms with Crippen LogP contribution >= 0.6 is 0 Å². The van der Waals surface area contributed by atoms with Gasteiger partial charge in [0.15, 0.2) is 24.0 Å². The monoisotopic (exact) mass is 289 g/mol. The Labute approximate surface area is 118 Å². The average molecular weight is 289 g/mol. The van der Waals surface area contributed by atoms with E-state index < -0.39 is 17.4 Å². The predicted octanol–water partition coefficient (Wildman–Crippen LogP) is 2.53. The number of halogens is 2. The fraction of sp³-hybridized carbons (Fsp3) is 0.0667. The number of ether oxygens (including phenoxy) is 1. The highest BCUT2D eigenvalue weighted by molar-refractivity contribution is 6.10. The van der Waals surface area contributed by atoms with Crippen molar-refractivity contribution < 1.29 is 23.1 Å². The van der Waals surface area contributed by atoms with Gasteiger partial charge in [-0.05, 0) is 30.3 Å². The summed E-state index contributed by atoms with van der Waals surface area (Å²) in [7, 11) is 0. The Morgan fingerprint density at radius 2 is 2.00 bits per heavy atom. The third kappa shape index (κ3) is 2.35. The van der Waals surface area contributed by atoms with Gasteiger partial charge in [-0.3, -0.25) is 9.59 Å². The van der Waals surface area contributed by atoms with Crippen molar-refractivity contribution in [2.45, 2.75) is 0 Å². The number of benzene rings is 2. The summed E-state index contributed by atoms with van der Waals surface area (Å²) in [6.45, 7) is -0.0984. The van der Waals surface area contributed by atoms with Crippen LogP contribution < -0.4 is 10.1 Å². The number of fused-ring (bicyclic) bond motifs is 1. The van der Waals surface area contributed by atoms with Crippen LogP contribution in [0.3, 0.4) is 0 Å². The summed E-state index contributed by atoms with van der Waals surface area (Å²) in [6, 6.07) is 7.71. The van der Waals surface area contributed by atoms with Crippen LogP contribution in [0, 0.1) is 11.6 Å². The van der Waals surface area contributed by atoms with Crippen molar-refractivity contribution in [1.82, 2.24) is 0 Å². The Kier molecular flexibility index (Phi) is 3.13. The highest BCUT2D eigenvalue weighted by Crippen LogP contribution is 2.29. The molecule has 2 aromatic carbocycles. The molecule has 0 radical (unpaired) electrons. The first-order chi connectivity index (χ1) is 10.1. The lowest BCUT2D eigenvalue weighted by Crippen LogP contribution is -2.25. The Morgan fingerprint density at radius 1 is 1.19 bits per heavy atom. The van der Waals surface area contributed by atoms with Crippen LogP contribution in [0.25, 0.3) is 0 Å². The molecule has 0 aliphatic carbocycles. The van der Waals surface area contributed by atoms with Crippen LogP contribution in [-0.4, -0.2) is 18.3 Å². The normalized spacial score (nSPS) is 13.1. The first-order valence-electron chi connectivity index (χ1n) is 6.11. The maximum Gasteiger partial charge on any atom is 0.262 e. The van der Waals surface area contributed by atoms with E-state index in [1.807, 2.05) is 0 Å². The van der Waals surface area contributed by atoms with E-state index in [1.165, 1.54) is 30.3 Å². The Morgan fingerprint density at radius 3 is 2.81 bits per heavy atom. The van der Waals surface area contributed by atoms with Crippen molar-refractivity contribution in [2.24, 2.45) is 0 Å². The Hall–Kier alpha value is -2.76. The van der Waals surface area contributed by atoms with Crippen LogP contribution in [0.4, 0.5) is 14.5 Å². The highest BCUT2D eigenvalue weighted by Gasteiger charge is 2.21. The largest absolute Gasteiger partial charge is 0.482 e. The van der Waals surface area contributed by atoms with Gasteiger partial charge in [0.1, 0.15) is 5.75 Å². The summed E-state index contributed by atoms with van der Waals surface area (Å²) in [4.78, 5) is 23.5. The van der Waals surface area contributed by atoms with Gasteiger partial charge in [-0.15, -0.1) is 0 Å². The summed E-state index contributed by atoms with van der Waals surface area (Å²) in [5.74, 6) is -2.87. The van der Waals surface area contributed by atoms with E-state index in [4.69, 9.17) is 4.74 Å². The van der Waals surface area contributed by atoms with Crippen molar-refractivity contribution in [3.05, 3.63) is 59.2 Å². The number of ketones is 1. The zero-order valence-corrected chi connectivity index (χ0v) is 10.7. The third-order valence-corrected chi connectivity index (χ3v) is 3.07. The molecule has 1 amide bonds. The summed E-state index contributed by atoms with van der Waals surface area (Å²) in [5, 5.41) is 2.55. The standard InChI is InChI=1S/C15H9F2NO3/c16-10-3-1-2-9(14(10)17)15(20)8-4-5-12-11(6-8)18-13(19)7-21-12/h1-6H,7H2,(H,18,19). The number of carbonyl (C=O) groups excluding carboxylic acids is 2. The van der Waals surface area contributed by atoms with Crippen LogP contribution in [-0.2, 0) is 4.79 Å². The number of carbonyl (C=O) groups is 2. The number of nitrogens with one attached hydrogen (secondary N) is 1. The molecule has 2 aromatic rings. The van der Waals surface area contributed by atoms with E-state index in [0.29, 0.717) is 11.4 Å². The van der Waals surface area contributed by atoms with E-state index in [9.17, 15) is 18.4 Å². The second kappa shape index (κ2) is 4.97. The minimum absolute atomic E-state index is 0.0984. The third-order valence-electron chi connectivity index (χ3n) is 3.07. The molecule has 0 fully saturated rings. The van der Waals surface area contributed by atoms with Gasteiger partial charge >= 0.3 is 0 Å². The molecule has 1 N–H and O–H groups in total. The van der Waals surface area contributed by atoms with Gasteiger partial charge in [0.25, 0.3) is 5.91 Å². The number of hydrogen-bond acceptors (Lipinski definition) is 3. The van der Waals surface area contributed by atoms with Crippen molar-refractivity contribution in [1.29, 1.82) is 0 Å². The van der Waals surface area contributed by atoms with E-state index in [2.05, 4.69) is 5.32 Å². The van der Waals surface area contributed by atoms with Gasteiger partial charge in [-0.2, -0.15) is 0 Å². The summed E-state index contributed by atoms with van der Waals surface area (Å²) < 4.78 is 32.0. The topological polar surface area (TPSA) is 55.4 Å². The summed E-state index contributed by atoms with van der Waals surface area (Å²) in [5.41, 5.74) is 0.0935. The molecule has 1 heterocycles. The van der Waals surface area contributed by atoms with Crippen LogP contribution in [0.5, 0.6) is 5.75 Å². The fourth-order valence-electron chi connectivity index (χ4n) is 2.06.